The van der Waals surface area contributed by atoms with E-state index in [0.29, 0.717) is 0 Å². The van der Waals surface area contributed by atoms with Gasteiger partial charge in [0.05, 0.1) is 7.11 Å². The second kappa shape index (κ2) is 5.40. The van der Waals surface area contributed by atoms with Crippen molar-refractivity contribution in [2.45, 2.75) is 6.42 Å². The highest BCUT2D eigenvalue weighted by molar-refractivity contribution is 6.13. The van der Waals surface area contributed by atoms with Crippen LogP contribution < -0.4 is 4.74 Å². The van der Waals surface area contributed by atoms with Gasteiger partial charge < -0.3 is 4.74 Å². The number of benzene rings is 3. The molecule has 0 bridgehead atoms. The Balaban J connectivity index is 1.90. The lowest BCUT2D eigenvalue weighted by Crippen LogP contribution is -2.15. The minimum atomic E-state index is 0.117. The highest BCUT2D eigenvalue weighted by Gasteiger charge is 2.24. The molecule has 0 saturated heterocycles. The summed E-state index contributed by atoms with van der Waals surface area (Å²) in [5.74, 6) is 0.939. The van der Waals surface area contributed by atoms with Crippen molar-refractivity contribution in [3.05, 3.63) is 89.0 Å². The lowest BCUT2D eigenvalue weighted by molar-refractivity contribution is 0.103. The van der Waals surface area contributed by atoms with Crippen LogP contribution in [0.4, 0.5) is 0 Å². The molecule has 0 fully saturated rings. The molecule has 3 aromatic rings. The first-order valence-electron chi connectivity index (χ1n) is 7.67. The molecule has 0 radical (unpaired) electrons. The zero-order valence-corrected chi connectivity index (χ0v) is 12.9. The van der Waals surface area contributed by atoms with Gasteiger partial charge >= 0.3 is 0 Å². The number of hydrogen-bond acceptors (Lipinski definition) is 2. The van der Waals surface area contributed by atoms with Gasteiger partial charge in [-0.3, -0.25) is 4.79 Å². The summed E-state index contributed by atoms with van der Waals surface area (Å²) in [7, 11) is 1.67. The van der Waals surface area contributed by atoms with E-state index in [0.717, 1.165) is 45.6 Å². The Bertz CT molecular complexity index is 909. The Labute approximate surface area is 135 Å². The Morgan fingerprint density at radius 2 is 1.57 bits per heavy atom. The van der Waals surface area contributed by atoms with Gasteiger partial charge in [-0.1, -0.05) is 54.6 Å². The van der Waals surface area contributed by atoms with Crippen LogP contribution in [0.1, 0.15) is 27.0 Å². The monoisotopic (exact) mass is 300 g/mol. The zero-order chi connectivity index (χ0) is 15.8. The molecular formula is C21H16O2. The minimum absolute atomic E-state index is 0.117. The molecule has 2 nitrogen and oxygen atoms in total. The summed E-state index contributed by atoms with van der Waals surface area (Å²) in [6.45, 7) is 0. The number of carbonyl (C=O) groups excluding carboxylic acids is 1. The van der Waals surface area contributed by atoms with Gasteiger partial charge in [-0.05, 0) is 40.8 Å². The molecule has 1 aliphatic carbocycles. The predicted octanol–water partition coefficient (Wildman–Crippen LogP) is 4.50. The van der Waals surface area contributed by atoms with E-state index < -0.39 is 0 Å². The maximum absolute atomic E-state index is 12.8. The maximum Gasteiger partial charge on any atom is 0.193 e. The van der Waals surface area contributed by atoms with Gasteiger partial charge in [0.15, 0.2) is 5.78 Å². The summed E-state index contributed by atoms with van der Waals surface area (Å²) < 4.78 is 5.33. The molecule has 0 spiro atoms. The molecule has 2 heteroatoms. The van der Waals surface area contributed by atoms with Crippen molar-refractivity contribution in [1.82, 2.24) is 0 Å². The van der Waals surface area contributed by atoms with Crippen LogP contribution >= 0.6 is 0 Å². The van der Waals surface area contributed by atoms with Crippen molar-refractivity contribution in [3.63, 3.8) is 0 Å². The van der Waals surface area contributed by atoms with Gasteiger partial charge in [-0.2, -0.15) is 0 Å². The van der Waals surface area contributed by atoms with Crippen molar-refractivity contribution >= 4 is 5.78 Å². The van der Waals surface area contributed by atoms with Crippen LogP contribution in [0.5, 0.6) is 5.75 Å². The summed E-state index contributed by atoms with van der Waals surface area (Å²) in [6, 6.07) is 21.8. The molecule has 0 atom stereocenters. The molecule has 0 unspecified atom stereocenters. The van der Waals surface area contributed by atoms with Crippen molar-refractivity contribution in [3.8, 4) is 16.9 Å². The van der Waals surface area contributed by atoms with E-state index in [-0.39, 0.29) is 5.78 Å². The quantitative estimate of drug-likeness (QED) is 0.545. The van der Waals surface area contributed by atoms with Gasteiger partial charge in [0.2, 0.25) is 0 Å². The van der Waals surface area contributed by atoms with E-state index in [1.807, 2.05) is 54.6 Å². The van der Waals surface area contributed by atoms with E-state index in [4.69, 9.17) is 4.74 Å². The maximum atomic E-state index is 12.8. The second-order valence-electron chi connectivity index (χ2n) is 5.73. The molecule has 0 saturated carbocycles. The molecule has 3 aromatic carbocycles. The van der Waals surface area contributed by atoms with Crippen molar-refractivity contribution < 1.29 is 9.53 Å². The summed E-state index contributed by atoms with van der Waals surface area (Å²) in [6.07, 6.45) is 0.782. The molecule has 0 N–H and O–H groups in total. The van der Waals surface area contributed by atoms with E-state index >= 15 is 0 Å². The molecule has 0 aliphatic heterocycles. The normalized spacial score (nSPS) is 12.5. The average Bonchev–Trinajstić information content (AvgIpc) is 2.62. The third kappa shape index (κ3) is 2.23. The number of methoxy groups -OCH3 is 1. The SMILES string of the molecule is COc1cccc(-c2cccc3c2Cc2ccccc2C3=O)c1. The van der Waals surface area contributed by atoms with Crippen molar-refractivity contribution in [2.24, 2.45) is 0 Å². The first-order valence-corrected chi connectivity index (χ1v) is 7.67. The highest BCUT2D eigenvalue weighted by Crippen LogP contribution is 2.35. The van der Waals surface area contributed by atoms with Crippen LogP contribution in [0.2, 0.25) is 0 Å². The Morgan fingerprint density at radius 1 is 0.826 bits per heavy atom. The summed E-state index contributed by atoms with van der Waals surface area (Å²) in [5.41, 5.74) is 6.01. The molecule has 0 aromatic heterocycles. The van der Waals surface area contributed by atoms with Crippen molar-refractivity contribution in [2.75, 3.05) is 7.11 Å². The second-order valence-corrected chi connectivity index (χ2v) is 5.73. The average molecular weight is 300 g/mol. The number of ketones is 1. The molecule has 4 rings (SSSR count). The number of carbonyl (C=O) groups is 1. The number of fused-ring (bicyclic) bond motifs is 2. The molecule has 0 heterocycles. The lowest BCUT2D eigenvalue weighted by atomic mass is 9.81. The van der Waals surface area contributed by atoms with Crippen LogP contribution in [0.25, 0.3) is 11.1 Å². The summed E-state index contributed by atoms with van der Waals surface area (Å²) in [5, 5.41) is 0. The van der Waals surface area contributed by atoms with E-state index in [9.17, 15) is 4.79 Å². The van der Waals surface area contributed by atoms with Gasteiger partial charge in [-0.25, -0.2) is 0 Å². The largest absolute Gasteiger partial charge is 0.497 e. The highest BCUT2D eigenvalue weighted by atomic mass is 16.5. The minimum Gasteiger partial charge on any atom is -0.497 e. The van der Waals surface area contributed by atoms with Gasteiger partial charge in [0.25, 0.3) is 0 Å². The summed E-state index contributed by atoms with van der Waals surface area (Å²) in [4.78, 5) is 12.8. The molecule has 112 valence electrons. The van der Waals surface area contributed by atoms with Gasteiger partial charge in [0.1, 0.15) is 5.75 Å². The Kier molecular flexibility index (Phi) is 3.23. The molecule has 1 aliphatic rings. The summed E-state index contributed by atoms with van der Waals surface area (Å²) >= 11 is 0. The number of rotatable bonds is 2. The van der Waals surface area contributed by atoms with Crippen LogP contribution in [0.15, 0.2) is 66.7 Å². The first-order chi connectivity index (χ1) is 11.3. The van der Waals surface area contributed by atoms with Crippen LogP contribution in [0, 0.1) is 0 Å². The molecular weight excluding hydrogens is 284 g/mol. The first kappa shape index (κ1) is 13.8. The topological polar surface area (TPSA) is 26.3 Å². The van der Waals surface area contributed by atoms with E-state index in [1.54, 1.807) is 7.11 Å². The van der Waals surface area contributed by atoms with Gasteiger partial charge in [0, 0.05) is 11.1 Å². The third-order valence-electron chi connectivity index (χ3n) is 4.43. The number of hydrogen-bond donors (Lipinski definition) is 0. The van der Waals surface area contributed by atoms with Crippen molar-refractivity contribution in [1.29, 1.82) is 0 Å². The third-order valence-corrected chi connectivity index (χ3v) is 4.43. The van der Waals surface area contributed by atoms with E-state index in [2.05, 4.69) is 12.1 Å². The predicted molar refractivity (Wildman–Crippen MR) is 91.1 cm³/mol. The fourth-order valence-corrected chi connectivity index (χ4v) is 3.28. The smallest absolute Gasteiger partial charge is 0.193 e. The number of ether oxygens (including phenoxy) is 1. The van der Waals surface area contributed by atoms with Gasteiger partial charge in [-0.15, -0.1) is 0 Å². The van der Waals surface area contributed by atoms with Crippen LogP contribution in [0.3, 0.4) is 0 Å². The standard InChI is InChI=1S/C21H16O2/c1-23-16-8-4-7-14(12-16)17-10-5-11-19-20(17)13-15-6-2-3-9-18(15)21(19)22/h2-12H,13H2,1H3. The molecule has 23 heavy (non-hydrogen) atoms. The fourth-order valence-electron chi connectivity index (χ4n) is 3.28. The fraction of sp³-hybridized carbons (Fsp3) is 0.0952. The Morgan fingerprint density at radius 3 is 2.43 bits per heavy atom. The zero-order valence-electron chi connectivity index (χ0n) is 12.9. The Hall–Kier alpha value is -2.87. The van der Waals surface area contributed by atoms with Crippen LogP contribution in [-0.4, -0.2) is 12.9 Å². The molecule has 0 amide bonds. The van der Waals surface area contributed by atoms with E-state index in [1.165, 1.54) is 0 Å². The van der Waals surface area contributed by atoms with Crippen LogP contribution in [-0.2, 0) is 6.42 Å². The lowest BCUT2D eigenvalue weighted by Gasteiger charge is -2.21.